The molecule has 5 heteroatoms. The second kappa shape index (κ2) is 7.82. The molecule has 2 aromatic carbocycles. The van der Waals surface area contributed by atoms with Crippen LogP contribution in [0.25, 0.3) is 22.0 Å². The topological polar surface area (TPSA) is 62.0 Å². The van der Waals surface area contributed by atoms with Gasteiger partial charge in [0.1, 0.15) is 5.82 Å². The maximum Gasteiger partial charge on any atom is 0.251 e. The number of hydrogen-bond donors (Lipinski definition) is 2. The van der Waals surface area contributed by atoms with Gasteiger partial charge in [0.05, 0.1) is 0 Å². The van der Waals surface area contributed by atoms with Gasteiger partial charge in [-0.15, -0.1) is 0 Å². The minimum absolute atomic E-state index is 0.00991. The van der Waals surface area contributed by atoms with Crippen molar-refractivity contribution in [1.29, 1.82) is 0 Å². The highest BCUT2D eigenvalue weighted by atomic mass is 19.1. The fourth-order valence-corrected chi connectivity index (χ4v) is 4.28. The fourth-order valence-electron chi connectivity index (χ4n) is 4.28. The van der Waals surface area contributed by atoms with Crippen LogP contribution in [0.4, 0.5) is 4.39 Å². The molecule has 0 unspecified atom stereocenters. The Kier molecular flexibility index (Phi) is 5.22. The maximum absolute atomic E-state index is 14.1. The minimum atomic E-state index is -0.280. The summed E-state index contributed by atoms with van der Waals surface area (Å²) in [5, 5.41) is 4.23. The second-order valence-corrected chi connectivity index (χ2v) is 8.20. The zero-order valence-corrected chi connectivity index (χ0v) is 16.7. The van der Waals surface area contributed by atoms with Crippen LogP contribution < -0.4 is 10.9 Å². The van der Waals surface area contributed by atoms with Gasteiger partial charge in [-0.25, -0.2) is 4.39 Å². The molecule has 1 amide bonds. The lowest BCUT2D eigenvalue weighted by Gasteiger charge is -2.23. The van der Waals surface area contributed by atoms with Crippen LogP contribution in [0.3, 0.4) is 0 Å². The van der Waals surface area contributed by atoms with Gasteiger partial charge >= 0.3 is 0 Å². The van der Waals surface area contributed by atoms with Crippen LogP contribution in [-0.2, 0) is 4.79 Å². The average molecular weight is 392 g/mol. The molecular weight excluding hydrogens is 367 g/mol. The van der Waals surface area contributed by atoms with Crippen molar-refractivity contribution in [2.24, 2.45) is 11.8 Å². The first kappa shape index (κ1) is 19.4. The van der Waals surface area contributed by atoms with Crippen molar-refractivity contribution in [2.75, 3.05) is 6.54 Å². The van der Waals surface area contributed by atoms with E-state index in [1.165, 1.54) is 6.07 Å². The van der Waals surface area contributed by atoms with Crippen LogP contribution in [0.2, 0.25) is 0 Å². The molecule has 4 nitrogen and oxygen atoms in total. The van der Waals surface area contributed by atoms with Crippen molar-refractivity contribution < 1.29 is 9.18 Å². The summed E-state index contributed by atoms with van der Waals surface area (Å²) < 4.78 is 14.1. The molecule has 2 heterocycles. The molecule has 0 bridgehead atoms. The highest BCUT2D eigenvalue weighted by Crippen LogP contribution is 2.32. The summed E-state index contributed by atoms with van der Waals surface area (Å²) in [7, 11) is 0. The van der Waals surface area contributed by atoms with E-state index in [0.717, 1.165) is 17.4 Å². The Hall–Kier alpha value is -2.95. The number of nitrogens with one attached hydrogen (secondary N) is 2. The molecule has 0 saturated carbocycles. The lowest BCUT2D eigenvalue weighted by atomic mass is 9.81. The van der Waals surface area contributed by atoms with E-state index in [9.17, 15) is 14.0 Å². The molecule has 29 heavy (non-hydrogen) atoms. The van der Waals surface area contributed by atoms with Gasteiger partial charge in [-0.2, -0.15) is 0 Å². The largest absolute Gasteiger partial charge is 0.356 e. The molecular formula is C24H25FN2O2. The van der Waals surface area contributed by atoms with Gasteiger partial charge < -0.3 is 10.3 Å². The quantitative estimate of drug-likeness (QED) is 0.667. The van der Waals surface area contributed by atoms with E-state index in [2.05, 4.69) is 24.1 Å². The molecule has 1 aliphatic rings. The fraction of sp³-hybridized carbons (Fsp3) is 0.333. The van der Waals surface area contributed by atoms with Crippen molar-refractivity contribution in [3.63, 3.8) is 0 Å². The molecule has 1 aromatic heterocycles. The number of H-pyrrole nitrogens is 1. The van der Waals surface area contributed by atoms with E-state index in [0.29, 0.717) is 29.6 Å². The molecule has 4 rings (SSSR count). The lowest BCUT2D eigenvalue weighted by Crippen LogP contribution is -2.25. The molecule has 0 aliphatic carbocycles. The van der Waals surface area contributed by atoms with Crippen LogP contribution in [-0.4, -0.2) is 17.4 Å². The molecule has 1 fully saturated rings. The van der Waals surface area contributed by atoms with Crippen molar-refractivity contribution >= 4 is 16.7 Å². The van der Waals surface area contributed by atoms with Gasteiger partial charge in [0.2, 0.25) is 5.91 Å². The van der Waals surface area contributed by atoms with Gasteiger partial charge in [0.25, 0.3) is 5.56 Å². The van der Waals surface area contributed by atoms with Crippen LogP contribution in [0.5, 0.6) is 0 Å². The predicted octanol–water partition coefficient (Wildman–Crippen LogP) is 4.60. The molecule has 1 saturated heterocycles. The zero-order valence-electron chi connectivity index (χ0n) is 16.7. The third-order valence-corrected chi connectivity index (χ3v) is 5.99. The Morgan fingerprint density at radius 1 is 1.10 bits per heavy atom. The van der Waals surface area contributed by atoms with Crippen molar-refractivity contribution in [3.8, 4) is 11.3 Å². The Balaban J connectivity index is 1.67. The Labute approximate surface area is 169 Å². The van der Waals surface area contributed by atoms with Gasteiger partial charge in [0, 0.05) is 29.1 Å². The van der Waals surface area contributed by atoms with Gasteiger partial charge in [-0.05, 0) is 53.8 Å². The van der Waals surface area contributed by atoms with E-state index < -0.39 is 0 Å². The standard InChI is InChI=1S/C24H25FN2O2/c1-14(2)19(13-17-10-11-26-23(17)28)18-8-9-22(27-24(18)29)16-7-6-15-4-3-5-21(25)20(15)12-16/h3-9,12,14,17,19H,10-11,13H2,1-2H3,(H,26,28)(H,27,29)/t17-,19+/m1/s1. The monoisotopic (exact) mass is 392 g/mol. The molecule has 0 spiro atoms. The summed E-state index contributed by atoms with van der Waals surface area (Å²) in [4.78, 5) is 27.9. The van der Waals surface area contributed by atoms with Crippen LogP contribution in [0.1, 0.15) is 38.2 Å². The third-order valence-electron chi connectivity index (χ3n) is 5.99. The van der Waals surface area contributed by atoms with Crippen molar-refractivity contribution in [1.82, 2.24) is 10.3 Å². The Bertz CT molecular complexity index is 1120. The molecule has 150 valence electrons. The van der Waals surface area contributed by atoms with E-state index >= 15 is 0 Å². The van der Waals surface area contributed by atoms with Gasteiger partial charge in [-0.3, -0.25) is 9.59 Å². The Morgan fingerprint density at radius 2 is 1.93 bits per heavy atom. The summed E-state index contributed by atoms with van der Waals surface area (Å²) in [6.45, 7) is 4.87. The van der Waals surface area contributed by atoms with Gasteiger partial charge in [0.15, 0.2) is 0 Å². The number of benzene rings is 2. The van der Waals surface area contributed by atoms with Gasteiger partial charge in [-0.1, -0.05) is 44.2 Å². The number of rotatable bonds is 5. The number of aromatic amines is 1. The lowest BCUT2D eigenvalue weighted by molar-refractivity contribution is -0.122. The third kappa shape index (κ3) is 3.82. The van der Waals surface area contributed by atoms with Crippen molar-refractivity contribution in [3.05, 3.63) is 70.3 Å². The van der Waals surface area contributed by atoms with E-state index in [1.54, 1.807) is 12.1 Å². The number of halogens is 1. The first-order valence-electron chi connectivity index (χ1n) is 10.1. The van der Waals surface area contributed by atoms with Crippen LogP contribution in [0.15, 0.2) is 53.3 Å². The van der Waals surface area contributed by atoms with Crippen LogP contribution >= 0.6 is 0 Å². The zero-order chi connectivity index (χ0) is 20.5. The summed E-state index contributed by atoms with van der Waals surface area (Å²) in [5.41, 5.74) is 1.98. The molecule has 1 aliphatic heterocycles. The average Bonchev–Trinajstić information content (AvgIpc) is 3.11. The molecule has 2 N–H and O–H groups in total. The first-order chi connectivity index (χ1) is 13.9. The first-order valence-corrected chi connectivity index (χ1v) is 10.1. The number of fused-ring (bicyclic) bond motifs is 1. The normalized spacial score (nSPS) is 17.7. The predicted molar refractivity (Wildman–Crippen MR) is 113 cm³/mol. The van der Waals surface area contributed by atoms with Crippen molar-refractivity contribution in [2.45, 2.75) is 32.6 Å². The maximum atomic E-state index is 14.1. The number of aromatic nitrogens is 1. The smallest absolute Gasteiger partial charge is 0.251 e. The highest BCUT2D eigenvalue weighted by Gasteiger charge is 2.30. The number of amides is 1. The summed E-state index contributed by atoms with van der Waals surface area (Å²) in [5.74, 6) is 0.0191. The molecule has 0 radical (unpaired) electrons. The van der Waals surface area contributed by atoms with E-state index in [1.807, 2.05) is 30.3 Å². The minimum Gasteiger partial charge on any atom is -0.356 e. The highest BCUT2D eigenvalue weighted by molar-refractivity contribution is 5.87. The number of hydrogen-bond acceptors (Lipinski definition) is 2. The Morgan fingerprint density at radius 3 is 2.62 bits per heavy atom. The second-order valence-electron chi connectivity index (χ2n) is 8.20. The van der Waals surface area contributed by atoms with E-state index in [4.69, 9.17) is 0 Å². The van der Waals surface area contributed by atoms with Crippen LogP contribution in [0, 0.1) is 17.7 Å². The SMILES string of the molecule is CC(C)[C@H](C[C@H]1CCNC1=O)c1ccc(-c2ccc3cccc(F)c3c2)[nH]c1=O. The number of carbonyl (C=O) groups is 1. The molecule has 3 aromatic rings. The molecule has 2 atom stereocenters. The number of carbonyl (C=O) groups excluding carboxylic acids is 1. The summed E-state index contributed by atoms with van der Waals surface area (Å²) in [6, 6.07) is 14.2. The summed E-state index contributed by atoms with van der Waals surface area (Å²) in [6.07, 6.45) is 1.49. The summed E-state index contributed by atoms with van der Waals surface area (Å²) >= 11 is 0. The van der Waals surface area contributed by atoms with E-state index in [-0.39, 0.29) is 35.0 Å². The number of pyridine rings is 1.